The minimum Gasteiger partial charge on any atom is -0.313 e. The lowest BCUT2D eigenvalue weighted by Gasteiger charge is -2.30. The molecule has 1 aliphatic rings. The molecule has 1 aliphatic heterocycles. The molecule has 0 aromatic heterocycles. The van der Waals surface area contributed by atoms with Crippen LogP contribution < -0.4 is 5.32 Å². The van der Waals surface area contributed by atoms with E-state index in [0.717, 1.165) is 19.6 Å². The summed E-state index contributed by atoms with van der Waals surface area (Å²) < 4.78 is 23.6. The van der Waals surface area contributed by atoms with E-state index in [1.165, 1.54) is 19.3 Å². The van der Waals surface area contributed by atoms with E-state index in [0.29, 0.717) is 12.6 Å². The molecule has 1 unspecified atom stereocenters. The molecule has 0 saturated carbocycles. The van der Waals surface area contributed by atoms with Gasteiger partial charge in [-0.3, -0.25) is 0 Å². The third-order valence-electron chi connectivity index (χ3n) is 3.75. The lowest BCUT2D eigenvalue weighted by Crippen LogP contribution is -2.45. The molecular weight excluding hydrogens is 248 g/mol. The standard InChI is InChI=1S/C13H28N2O2S/c1-4-15(9-10-18(16,17)12(2)3)11-13-7-5-6-8-14-13/h12-14H,4-11H2,1-3H3. The third kappa shape index (κ3) is 5.24. The topological polar surface area (TPSA) is 49.4 Å². The molecule has 1 saturated heterocycles. The number of sulfone groups is 1. The van der Waals surface area contributed by atoms with E-state index in [1.807, 2.05) is 0 Å². The summed E-state index contributed by atoms with van der Waals surface area (Å²) in [5.41, 5.74) is 0. The van der Waals surface area contributed by atoms with Crippen LogP contribution in [0.5, 0.6) is 0 Å². The van der Waals surface area contributed by atoms with Gasteiger partial charge in [-0.1, -0.05) is 13.3 Å². The number of hydrogen-bond donors (Lipinski definition) is 1. The van der Waals surface area contributed by atoms with Gasteiger partial charge in [-0.05, 0) is 39.8 Å². The van der Waals surface area contributed by atoms with Crippen molar-refractivity contribution in [3.05, 3.63) is 0 Å². The average Bonchev–Trinajstić information content (AvgIpc) is 2.35. The van der Waals surface area contributed by atoms with Gasteiger partial charge in [0.25, 0.3) is 0 Å². The fourth-order valence-corrected chi connectivity index (χ4v) is 3.25. The highest BCUT2D eigenvalue weighted by atomic mass is 32.2. The first-order valence-corrected chi connectivity index (χ1v) is 8.84. The van der Waals surface area contributed by atoms with Gasteiger partial charge in [0.05, 0.1) is 11.0 Å². The van der Waals surface area contributed by atoms with Crippen molar-refractivity contribution in [1.29, 1.82) is 0 Å². The van der Waals surface area contributed by atoms with Crippen LogP contribution in [0.25, 0.3) is 0 Å². The molecule has 4 nitrogen and oxygen atoms in total. The van der Waals surface area contributed by atoms with Gasteiger partial charge in [0, 0.05) is 19.1 Å². The van der Waals surface area contributed by atoms with Crippen molar-refractivity contribution < 1.29 is 8.42 Å². The second-order valence-corrected chi connectivity index (χ2v) is 8.13. The molecule has 1 heterocycles. The Morgan fingerprint density at radius 3 is 2.56 bits per heavy atom. The maximum absolute atomic E-state index is 11.8. The molecule has 0 aliphatic carbocycles. The zero-order valence-corrected chi connectivity index (χ0v) is 12.8. The molecule has 1 atom stereocenters. The van der Waals surface area contributed by atoms with E-state index in [4.69, 9.17) is 0 Å². The fraction of sp³-hybridized carbons (Fsp3) is 1.00. The summed E-state index contributed by atoms with van der Waals surface area (Å²) in [6, 6.07) is 0.542. The van der Waals surface area contributed by atoms with Crippen molar-refractivity contribution in [1.82, 2.24) is 10.2 Å². The Balaban J connectivity index is 2.37. The van der Waals surface area contributed by atoms with Crippen LogP contribution in [0.3, 0.4) is 0 Å². The van der Waals surface area contributed by atoms with E-state index in [2.05, 4.69) is 17.1 Å². The van der Waals surface area contributed by atoms with Crippen LogP contribution in [0.15, 0.2) is 0 Å². The van der Waals surface area contributed by atoms with E-state index in [1.54, 1.807) is 13.8 Å². The lowest BCUT2D eigenvalue weighted by atomic mass is 10.0. The van der Waals surface area contributed by atoms with Crippen LogP contribution in [0.4, 0.5) is 0 Å². The highest BCUT2D eigenvalue weighted by molar-refractivity contribution is 7.92. The quantitative estimate of drug-likeness (QED) is 0.761. The molecule has 0 amide bonds. The summed E-state index contributed by atoms with van der Waals surface area (Å²) in [7, 11) is -2.91. The maximum atomic E-state index is 11.8. The van der Waals surface area contributed by atoms with E-state index in [9.17, 15) is 8.42 Å². The predicted molar refractivity (Wildman–Crippen MR) is 76.7 cm³/mol. The van der Waals surface area contributed by atoms with E-state index < -0.39 is 9.84 Å². The smallest absolute Gasteiger partial charge is 0.153 e. The summed E-state index contributed by atoms with van der Waals surface area (Å²) in [5.74, 6) is 0.283. The number of piperidine rings is 1. The second-order valence-electron chi connectivity index (χ2n) is 5.46. The first-order chi connectivity index (χ1) is 8.45. The molecule has 108 valence electrons. The normalized spacial score (nSPS) is 21.7. The van der Waals surface area contributed by atoms with Crippen molar-refractivity contribution in [2.24, 2.45) is 0 Å². The lowest BCUT2D eigenvalue weighted by molar-refractivity contribution is 0.243. The number of nitrogens with one attached hydrogen (secondary N) is 1. The van der Waals surface area contributed by atoms with Crippen LogP contribution in [-0.4, -0.2) is 56.5 Å². The fourth-order valence-electron chi connectivity index (χ4n) is 2.26. The van der Waals surface area contributed by atoms with Gasteiger partial charge in [-0.15, -0.1) is 0 Å². The van der Waals surface area contributed by atoms with Gasteiger partial charge in [0.15, 0.2) is 9.84 Å². The van der Waals surface area contributed by atoms with Crippen LogP contribution >= 0.6 is 0 Å². The minimum absolute atomic E-state index is 0.260. The number of hydrogen-bond acceptors (Lipinski definition) is 4. The van der Waals surface area contributed by atoms with Gasteiger partial charge in [0.1, 0.15) is 0 Å². The summed E-state index contributed by atoms with van der Waals surface area (Å²) in [6.45, 7) is 9.28. The molecule has 1 fully saturated rings. The zero-order chi connectivity index (χ0) is 13.6. The Morgan fingerprint density at radius 1 is 1.33 bits per heavy atom. The number of nitrogens with zero attached hydrogens (tertiary/aromatic N) is 1. The van der Waals surface area contributed by atoms with E-state index in [-0.39, 0.29) is 11.0 Å². The van der Waals surface area contributed by atoms with Crippen molar-refractivity contribution in [2.45, 2.75) is 51.3 Å². The highest BCUT2D eigenvalue weighted by Crippen LogP contribution is 2.09. The van der Waals surface area contributed by atoms with Gasteiger partial charge in [0.2, 0.25) is 0 Å². The van der Waals surface area contributed by atoms with Gasteiger partial charge < -0.3 is 10.2 Å². The molecule has 0 spiro atoms. The van der Waals surface area contributed by atoms with Gasteiger partial charge in [-0.2, -0.15) is 0 Å². The van der Waals surface area contributed by atoms with Crippen molar-refractivity contribution >= 4 is 9.84 Å². The highest BCUT2D eigenvalue weighted by Gasteiger charge is 2.20. The van der Waals surface area contributed by atoms with Crippen LogP contribution in [0.2, 0.25) is 0 Å². The van der Waals surface area contributed by atoms with Gasteiger partial charge >= 0.3 is 0 Å². The number of rotatable bonds is 7. The van der Waals surface area contributed by atoms with E-state index >= 15 is 0 Å². The predicted octanol–water partition coefficient (Wildman–Crippen LogP) is 1.27. The first kappa shape index (κ1) is 15.9. The van der Waals surface area contributed by atoms with Gasteiger partial charge in [-0.25, -0.2) is 8.42 Å². The Hall–Kier alpha value is -0.130. The molecule has 1 rings (SSSR count). The molecular formula is C13H28N2O2S. The largest absolute Gasteiger partial charge is 0.313 e. The zero-order valence-electron chi connectivity index (χ0n) is 12.0. The first-order valence-electron chi connectivity index (χ1n) is 7.13. The Kier molecular flexibility index (Phi) is 6.60. The summed E-state index contributed by atoms with van der Waals surface area (Å²) in [6.07, 6.45) is 3.78. The number of likely N-dealkylation sites (N-methyl/N-ethyl adjacent to an activating group) is 1. The second kappa shape index (κ2) is 7.46. The summed E-state index contributed by atoms with van der Waals surface area (Å²) in [5, 5.41) is 3.25. The van der Waals surface area contributed by atoms with Crippen molar-refractivity contribution in [3.8, 4) is 0 Å². The Bertz CT molecular complexity index is 322. The molecule has 0 aromatic rings. The summed E-state index contributed by atoms with van der Waals surface area (Å²) >= 11 is 0. The molecule has 18 heavy (non-hydrogen) atoms. The van der Waals surface area contributed by atoms with Crippen molar-refractivity contribution in [2.75, 3.05) is 31.9 Å². The average molecular weight is 276 g/mol. The molecule has 5 heteroatoms. The maximum Gasteiger partial charge on any atom is 0.153 e. The molecule has 1 N–H and O–H groups in total. The van der Waals surface area contributed by atoms with Crippen LogP contribution in [0.1, 0.15) is 40.0 Å². The Morgan fingerprint density at radius 2 is 2.06 bits per heavy atom. The van der Waals surface area contributed by atoms with Crippen LogP contribution in [0, 0.1) is 0 Å². The third-order valence-corrected chi connectivity index (χ3v) is 5.94. The Labute approximate surface area is 112 Å². The molecule has 0 radical (unpaired) electrons. The monoisotopic (exact) mass is 276 g/mol. The minimum atomic E-state index is -2.91. The van der Waals surface area contributed by atoms with Crippen molar-refractivity contribution in [3.63, 3.8) is 0 Å². The summed E-state index contributed by atoms with van der Waals surface area (Å²) in [4.78, 5) is 2.25. The SMILES string of the molecule is CCN(CCS(=O)(=O)C(C)C)CC1CCCCN1. The molecule has 0 bridgehead atoms. The van der Waals surface area contributed by atoms with Crippen LogP contribution in [-0.2, 0) is 9.84 Å². The molecule has 0 aromatic carbocycles.